The average Bonchev–Trinajstić information content (AvgIpc) is 3.12. The fraction of sp³-hybridized carbons (Fsp3) is 0.238. The summed E-state index contributed by atoms with van der Waals surface area (Å²) in [5.41, 5.74) is 3.87. The molecule has 148 valence electrons. The van der Waals surface area contributed by atoms with Gasteiger partial charge in [0.2, 0.25) is 0 Å². The van der Waals surface area contributed by atoms with Crippen LogP contribution in [0.5, 0.6) is 5.75 Å². The Morgan fingerprint density at radius 3 is 3.14 bits per heavy atom. The highest BCUT2D eigenvalue weighted by Gasteiger charge is 2.29. The molecular weight excluding hydrogens is 408 g/mol. The number of benzene rings is 1. The Morgan fingerprint density at radius 2 is 2.28 bits per heavy atom. The summed E-state index contributed by atoms with van der Waals surface area (Å²) in [6.07, 6.45) is 7.88. The lowest BCUT2D eigenvalue weighted by Crippen LogP contribution is -2.25. The average molecular weight is 427 g/mol. The van der Waals surface area contributed by atoms with Gasteiger partial charge in [0.25, 0.3) is 5.56 Å². The van der Waals surface area contributed by atoms with E-state index in [-0.39, 0.29) is 11.6 Å². The molecule has 1 atom stereocenters. The highest BCUT2D eigenvalue weighted by Crippen LogP contribution is 2.47. The largest absolute Gasteiger partial charge is 0.490 e. The standard InChI is InChI=1S/C21H19ClN4O2S/c1-12-6-19(27)26(25-10-12)11-14-9-17-21(29-14)15(2-3-23-17)16-7-13(22)8-18-20(16)24-4-5-28-18/h2-3,6-10,17,23-24H,4-5,11H2,1H3. The molecule has 3 aliphatic heterocycles. The highest BCUT2D eigenvalue weighted by atomic mass is 35.5. The van der Waals surface area contributed by atoms with Gasteiger partial charge in [0.05, 0.1) is 24.5 Å². The third-order valence-corrected chi connectivity index (χ3v) is 6.44. The van der Waals surface area contributed by atoms with Gasteiger partial charge < -0.3 is 15.4 Å². The van der Waals surface area contributed by atoms with E-state index in [0.717, 1.165) is 39.6 Å². The van der Waals surface area contributed by atoms with E-state index >= 15 is 0 Å². The summed E-state index contributed by atoms with van der Waals surface area (Å²) >= 11 is 8.05. The number of aromatic nitrogens is 2. The van der Waals surface area contributed by atoms with Crippen LogP contribution in [0.4, 0.5) is 5.69 Å². The molecule has 0 bridgehead atoms. The minimum absolute atomic E-state index is 0.0651. The number of anilines is 1. The van der Waals surface area contributed by atoms with Crippen molar-refractivity contribution in [1.29, 1.82) is 0 Å². The Morgan fingerprint density at radius 1 is 1.38 bits per heavy atom. The molecule has 0 fully saturated rings. The fourth-order valence-corrected chi connectivity index (χ4v) is 5.12. The van der Waals surface area contributed by atoms with Crippen LogP contribution in [0, 0.1) is 6.92 Å². The summed E-state index contributed by atoms with van der Waals surface area (Å²) in [5.74, 6) is 0.780. The van der Waals surface area contributed by atoms with E-state index in [2.05, 4.69) is 27.9 Å². The lowest BCUT2D eigenvalue weighted by atomic mass is 9.98. The Kier molecular flexibility index (Phi) is 4.64. The minimum atomic E-state index is -0.0908. The molecule has 0 amide bonds. The highest BCUT2D eigenvalue weighted by molar-refractivity contribution is 8.07. The number of nitrogens with zero attached hydrogens (tertiary/aromatic N) is 2. The fourth-order valence-electron chi connectivity index (χ4n) is 3.69. The number of nitrogens with one attached hydrogen (secondary N) is 2. The molecule has 5 rings (SSSR count). The van der Waals surface area contributed by atoms with Crippen molar-refractivity contribution < 1.29 is 4.74 Å². The summed E-state index contributed by atoms with van der Waals surface area (Å²) in [6, 6.07) is 5.49. The van der Waals surface area contributed by atoms with Crippen molar-refractivity contribution in [3.63, 3.8) is 0 Å². The summed E-state index contributed by atoms with van der Waals surface area (Å²) in [4.78, 5) is 14.5. The SMILES string of the molecule is Cc1cnn(CC2=CC3NC=CC(c4cc(Cl)cc5c4NCCO5)=C3S2)c(=O)c1. The van der Waals surface area contributed by atoms with Crippen LogP contribution in [-0.2, 0) is 6.54 Å². The summed E-state index contributed by atoms with van der Waals surface area (Å²) in [5, 5.41) is 11.7. The maximum absolute atomic E-state index is 12.2. The Labute approximate surface area is 177 Å². The van der Waals surface area contributed by atoms with E-state index in [4.69, 9.17) is 16.3 Å². The molecule has 8 heteroatoms. The first-order valence-corrected chi connectivity index (χ1v) is 10.6. The second-order valence-electron chi connectivity index (χ2n) is 7.12. The molecule has 6 nitrogen and oxygen atoms in total. The molecule has 0 saturated heterocycles. The van der Waals surface area contributed by atoms with Gasteiger partial charge in [-0.3, -0.25) is 4.79 Å². The van der Waals surface area contributed by atoms with Gasteiger partial charge in [-0.1, -0.05) is 23.4 Å². The number of halogens is 1. The number of hydrogen-bond donors (Lipinski definition) is 2. The van der Waals surface area contributed by atoms with Gasteiger partial charge in [0.1, 0.15) is 12.4 Å². The number of ether oxygens (including phenoxy) is 1. The van der Waals surface area contributed by atoms with E-state index in [1.54, 1.807) is 24.0 Å². The van der Waals surface area contributed by atoms with Gasteiger partial charge in [-0.2, -0.15) is 5.10 Å². The molecule has 4 heterocycles. The van der Waals surface area contributed by atoms with Crippen LogP contribution >= 0.6 is 23.4 Å². The molecule has 1 aromatic heterocycles. The summed E-state index contributed by atoms with van der Waals surface area (Å²) in [6.45, 7) is 3.70. The molecule has 0 aliphatic carbocycles. The Bertz CT molecular complexity index is 1150. The number of fused-ring (bicyclic) bond motifs is 2. The number of rotatable bonds is 3. The quantitative estimate of drug-likeness (QED) is 0.782. The van der Waals surface area contributed by atoms with E-state index in [0.29, 0.717) is 18.2 Å². The number of hydrogen-bond acceptors (Lipinski definition) is 6. The number of thioether (sulfide) groups is 1. The molecule has 2 aromatic rings. The van der Waals surface area contributed by atoms with E-state index < -0.39 is 0 Å². The van der Waals surface area contributed by atoms with Crippen LogP contribution < -0.4 is 20.9 Å². The van der Waals surface area contributed by atoms with E-state index in [1.165, 1.54) is 9.59 Å². The maximum Gasteiger partial charge on any atom is 0.267 e. The van der Waals surface area contributed by atoms with Crippen LogP contribution in [0.3, 0.4) is 0 Å². The zero-order valence-corrected chi connectivity index (χ0v) is 17.3. The van der Waals surface area contributed by atoms with Crippen LogP contribution in [0.2, 0.25) is 5.02 Å². The molecule has 0 radical (unpaired) electrons. The molecule has 0 saturated carbocycles. The van der Waals surface area contributed by atoms with Gasteiger partial charge in [-0.05, 0) is 42.5 Å². The monoisotopic (exact) mass is 426 g/mol. The predicted octanol–water partition coefficient (Wildman–Crippen LogP) is 3.54. The molecule has 0 spiro atoms. The van der Waals surface area contributed by atoms with Gasteiger partial charge in [0.15, 0.2) is 0 Å². The van der Waals surface area contributed by atoms with Crippen molar-refractivity contribution in [1.82, 2.24) is 15.1 Å². The molecule has 2 N–H and O–H groups in total. The lowest BCUT2D eigenvalue weighted by Gasteiger charge is -2.26. The number of aryl methyl sites for hydroxylation is 1. The minimum Gasteiger partial charge on any atom is -0.490 e. The zero-order valence-electron chi connectivity index (χ0n) is 15.7. The third-order valence-electron chi connectivity index (χ3n) is 5.00. The number of dihydropyridines is 1. The second-order valence-corrected chi connectivity index (χ2v) is 8.73. The predicted molar refractivity (Wildman–Crippen MR) is 117 cm³/mol. The lowest BCUT2D eigenvalue weighted by molar-refractivity contribution is 0.323. The first-order chi connectivity index (χ1) is 14.1. The third kappa shape index (κ3) is 3.45. The smallest absolute Gasteiger partial charge is 0.267 e. The van der Waals surface area contributed by atoms with Crippen molar-refractivity contribution in [3.05, 3.63) is 79.1 Å². The first kappa shape index (κ1) is 18.4. The molecule has 1 aromatic carbocycles. The van der Waals surface area contributed by atoms with Crippen molar-refractivity contribution in [2.45, 2.75) is 19.5 Å². The van der Waals surface area contributed by atoms with Gasteiger partial charge in [-0.25, -0.2) is 4.68 Å². The van der Waals surface area contributed by atoms with Crippen LogP contribution in [0.25, 0.3) is 5.57 Å². The van der Waals surface area contributed by atoms with Gasteiger partial charge in [0, 0.05) is 39.1 Å². The van der Waals surface area contributed by atoms with Crippen molar-refractivity contribution in [2.75, 3.05) is 18.5 Å². The number of allylic oxidation sites excluding steroid dienone is 3. The molecule has 1 unspecified atom stereocenters. The maximum atomic E-state index is 12.2. The second kappa shape index (κ2) is 7.31. The van der Waals surface area contributed by atoms with Crippen LogP contribution in [0.1, 0.15) is 11.1 Å². The Hall–Kier alpha value is -2.64. The molecule has 29 heavy (non-hydrogen) atoms. The molecular formula is C21H19ClN4O2S. The van der Waals surface area contributed by atoms with E-state index in [9.17, 15) is 4.79 Å². The first-order valence-electron chi connectivity index (χ1n) is 9.38. The zero-order chi connectivity index (χ0) is 20.0. The Balaban J connectivity index is 1.51. The van der Waals surface area contributed by atoms with E-state index in [1.807, 2.05) is 25.3 Å². The van der Waals surface area contributed by atoms with Crippen molar-refractivity contribution in [3.8, 4) is 5.75 Å². The van der Waals surface area contributed by atoms with Crippen molar-refractivity contribution >= 4 is 34.6 Å². The van der Waals surface area contributed by atoms with Gasteiger partial charge >= 0.3 is 0 Å². The summed E-state index contributed by atoms with van der Waals surface area (Å²) < 4.78 is 7.29. The van der Waals surface area contributed by atoms with Crippen LogP contribution in [0.15, 0.2) is 57.4 Å². The topological polar surface area (TPSA) is 68.2 Å². The van der Waals surface area contributed by atoms with Crippen molar-refractivity contribution in [2.24, 2.45) is 0 Å². The normalized spacial score (nSPS) is 19.7. The molecule has 3 aliphatic rings. The summed E-state index contributed by atoms with van der Waals surface area (Å²) in [7, 11) is 0. The van der Waals surface area contributed by atoms with Gasteiger partial charge in [-0.15, -0.1) is 0 Å². The van der Waals surface area contributed by atoms with Crippen LogP contribution in [-0.4, -0.2) is 29.0 Å².